The van der Waals surface area contributed by atoms with Crippen molar-refractivity contribution in [3.05, 3.63) is 0 Å². The van der Waals surface area contributed by atoms with Crippen LogP contribution in [-0.4, -0.2) is 117 Å². The van der Waals surface area contributed by atoms with Gasteiger partial charge in [-0.15, -0.1) is 0 Å². The second-order valence-electron chi connectivity index (χ2n) is 9.10. The van der Waals surface area contributed by atoms with Crippen molar-refractivity contribution < 1.29 is 61.5 Å². The van der Waals surface area contributed by atoms with E-state index in [1.54, 1.807) is 0 Å². The SMILES string of the molecule is [2H]C([2H])([2H])CCCCCCCCCCC([2H])([2H])O[C@@H]1O[C@H](CO)[C@@H](O[C@H]2O[C@H](CO)[C@@H](O)[C@H](O)[C@H]2O)[C@H](O)[C@H]1O. The Morgan fingerprint density at radius 2 is 1.20 bits per heavy atom. The Balaban J connectivity index is 1.78. The van der Waals surface area contributed by atoms with Crippen LogP contribution in [0.1, 0.15) is 77.9 Å². The minimum Gasteiger partial charge on any atom is -0.394 e. The van der Waals surface area contributed by atoms with Crippen LogP contribution in [0.15, 0.2) is 0 Å². The topological polar surface area (TPSA) is 179 Å². The molecule has 2 aliphatic rings. The van der Waals surface area contributed by atoms with E-state index in [0.29, 0.717) is 12.8 Å². The molecule has 0 aromatic heterocycles. The average Bonchev–Trinajstić information content (AvgIpc) is 2.88. The van der Waals surface area contributed by atoms with Crippen molar-refractivity contribution in [1.29, 1.82) is 0 Å². The maximum atomic E-state index is 10.7. The van der Waals surface area contributed by atoms with Crippen molar-refractivity contribution in [3.63, 3.8) is 0 Å². The van der Waals surface area contributed by atoms with Gasteiger partial charge in [-0.2, -0.15) is 0 Å². The summed E-state index contributed by atoms with van der Waals surface area (Å²) in [6, 6.07) is 0. The van der Waals surface area contributed by atoms with Gasteiger partial charge < -0.3 is 54.7 Å². The van der Waals surface area contributed by atoms with Gasteiger partial charge in [0.05, 0.1) is 16.0 Å². The molecule has 0 unspecified atom stereocenters. The molecule has 0 radical (unpaired) electrons. The van der Waals surface area contributed by atoms with Crippen molar-refractivity contribution in [2.45, 2.75) is 132 Å². The Labute approximate surface area is 214 Å². The molecule has 2 heterocycles. The molecular weight excluding hydrogens is 464 g/mol. The first-order valence-electron chi connectivity index (χ1n) is 15.0. The van der Waals surface area contributed by atoms with Crippen LogP contribution in [0.25, 0.3) is 0 Å². The third-order valence-corrected chi connectivity index (χ3v) is 6.37. The monoisotopic (exact) mass is 515 g/mol. The Hall–Kier alpha value is -0.440. The van der Waals surface area contributed by atoms with Gasteiger partial charge in [0.1, 0.15) is 48.8 Å². The van der Waals surface area contributed by atoms with Gasteiger partial charge in [-0.05, 0) is 6.42 Å². The van der Waals surface area contributed by atoms with Crippen molar-refractivity contribution in [3.8, 4) is 0 Å². The molecule has 2 aliphatic heterocycles. The number of unbranched alkanes of at least 4 members (excludes halogenated alkanes) is 7. The molecule has 0 aromatic rings. The van der Waals surface area contributed by atoms with Crippen molar-refractivity contribution in [2.24, 2.45) is 0 Å². The van der Waals surface area contributed by atoms with Gasteiger partial charge in [0.15, 0.2) is 12.6 Å². The number of hydrogen-bond acceptors (Lipinski definition) is 11. The van der Waals surface area contributed by atoms with Crippen LogP contribution in [0.5, 0.6) is 0 Å². The molecule has 0 aromatic carbocycles. The number of hydrogen-bond donors (Lipinski definition) is 7. The van der Waals surface area contributed by atoms with Crippen LogP contribution in [0.2, 0.25) is 0 Å². The fraction of sp³-hybridized carbons (Fsp3) is 1.00. The lowest BCUT2D eigenvalue weighted by molar-refractivity contribution is -0.359. The molecule has 35 heavy (non-hydrogen) atoms. The smallest absolute Gasteiger partial charge is 0.187 e. The minimum atomic E-state index is -2.22. The van der Waals surface area contributed by atoms with E-state index in [4.69, 9.17) is 25.8 Å². The van der Waals surface area contributed by atoms with Gasteiger partial charge in [0.25, 0.3) is 0 Å². The Bertz CT molecular complexity index is 715. The lowest BCUT2D eigenvalue weighted by atomic mass is 9.97. The second kappa shape index (κ2) is 16.4. The molecular formula is C24H46O11. The van der Waals surface area contributed by atoms with Crippen molar-refractivity contribution in [2.75, 3.05) is 19.8 Å². The zero-order valence-electron chi connectivity index (χ0n) is 25.0. The van der Waals surface area contributed by atoms with Gasteiger partial charge in [0, 0.05) is 10.7 Å². The molecule has 0 aliphatic carbocycles. The van der Waals surface area contributed by atoms with E-state index in [9.17, 15) is 35.7 Å². The van der Waals surface area contributed by atoms with Crippen LogP contribution in [0.3, 0.4) is 0 Å². The number of aliphatic hydroxyl groups is 7. The van der Waals surface area contributed by atoms with E-state index in [1.165, 1.54) is 0 Å². The molecule has 11 heteroatoms. The van der Waals surface area contributed by atoms with E-state index in [0.717, 1.165) is 38.5 Å². The maximum absolute atomic E-state index is 10.7. The number of ether oxygens (including phenoxy) is 4. The van der Waals surface area contributed by atoms with Gasteiger partial charge in [0.2, 0.25) is 0 Å². The summed E-state index contributed by atoms with van der Waals surface area (Å²) in [5.41, 5.74) is 0. The standard InChI is InChI=1S/C24H46O11/c1-2-3-4-5-6-7-8-9-10-11-12-32-23-21(31)19(29)22(16(14-26)34-23)35-24-20(30)18(28)17(27)15(13-25)33-24/h15-31H,2-14H2,1H3/t15-,16-,17-,18+,19-,20-,21-,22-,23-,24-/m1/s1/i1D3,12D2. The Kier molecular flexibility index (Phi) is 11.1. The normalized spacial score (nSPS) is 40.9. The zero-order valence-corrected chi connectivity index (χ0v) is 20.0. The van der Waals surface area contributed by atoms with Crippen molar-refractivity contribution in [1.82, 2.24) is 0 Å². The second-order valence-corrected chi connectivity index (χ2v) is 9.10. The first kappa shape index (κ1) is 23.7. The summed E-state index contributed by atoms with van der Waals surface area (Å²) in [5.74, 6) is 0. The molecule has 7 N–H and O–H groups in total. The average molecular weight is 516 g/mol. The summed E-state index contributed by atoms with van der Waals surface area (Å²) < 4.78 is 59.4. The molecule has 0 bridgehead atoms. The van der Waals surface area contributed by atoms with E-state index < -0.39 is 88.0 Å². The van der Waals surface area contributed by atoms with E-state index in [1.807, 2.05) is 0 Å². The lowest BCUT2D eigenvalue weighted by Crippen LogP contribution is -2.64. The fourth-order valence-corrected chi connectivity index (χ4v) is 4.18. The Morgan fingerprint density at radius 1 is 0.657 bits per heavy atom. The molecule has 2 rings (SSSR count). The van der Waals surface area contributed by atoms with E-state index in [-0.39, 0.29) is 12.8 Å². The summed E-state index contributed by atoms with van der Waals surface area (Å²) >= 11 is 0. The molecule has 0 amide bonds. The highest BCUT2D eigenvalue weighted by Crippen LogP contribution is 2.29. The summed E-state index contributed by atoms with van der Waals surface area (Å²) in [7, 11) is 0. The molecule has 2 saturated heterocycles. The highest BCUT2D eigenvalue weighted by Gasteiger charge is 2.50. The van der Waals surface area contributed by atoms with Gasteiger partial charge in [-0.3, -0.25) is 0 Å². The predicted octanol–water partition coefficient (Wildman–Crippen LogP) is -0.452. The summed E-state index contributed by atoms with van der Waals surface area (Å²) in [5, 5.41) is 70.4. The molecule has 2 fully saturated rings. The van der Waals surface area contributed by atoms with Crippen LogP contribution in [0, 0.1) is 0 Å². The first-order chi connectivity index (χ1) is 18.7. The van der Waals surface area contributed by atoms with Crippen molar-refractivity contribution >= 4 is 0 Å². The van der Waals surface area contributed by atoms with Gasteiger partial charge in [-0.25, -0.2) is 0 Å². The molecule has 0 spiro atoms. The third kappa shape index (κ3) is 9.11. The quantitative estimate of drug-likeness (QED) is 0.132. The zero-order chi connectivity index (χ0) is 30.1. The largest absolute Gasteiger partial charge is 0.394 e. The fourth-order valence-electron chi connectivity index (χ4n) is 4.18. The summed E-state index contributed by atoms with van der Waals surface area (Å²) in [6.07, 6.45) is -9.44. The number of rotatable bonds is 16. The first-order valence-corrected chi connectivity index (χ1v) is 12.5. The van der Waals surface area contributed by atoms with Crippen LogP contribution in [-0.2, 0) is 18.9 Å². The lowest BCUT2D eigenvalue weighted by Gasteiger charge is -2.45. The molecule has 0 saturated carbocycles. The molecule has 11 nitrogen and oxygen atoms in total. The van der Waals surface area contributed by atoms with Crippen LogP contribution >= 0.6 is 0 Å². The number of aliphatic hydroxyl groups excluding tert-OH is 7. The minimum absolute atomic E-state index is 0.0111. The van der Waals surface area contributed by atoms with Crippen LogP contribution in [0.4, 0.5) is 0 Å². The molecule has 10 atom stereocenters. The van der Waals surface area contributed by atoms with E-state index in [2.05, 4.69) is 0 Å². The van der Waals surface area contributed by atoms with Crippen LogP contribution < -0.4 is 0 Å². The highest BCUT2D eigenvalue weighted by molar-refractivity contribution is 4.94. The highest BCUT2D eigenvalue weighted by atomic mass is 16.7. The van der Waals surface area contributed by atoms with Gasteiger partial charge in [-0.1, -0.05) is 64.6 Å². The summed E-state index contributed by atoms with van der Waals surface area (Å²) in [6.45, 7) is -5.54. The molecule has 208 valence electrons. The van der Waals surface area contributed by atoms with Gasteiger partial charge >= 0.3 is 0 Å². The Morgan fingerprint density at radius 3 is 1.80 bits per heavy atom. The predicted molar refractivity (Wildman–Crippen MR) is 124 cm³/mol. The third-order valence-electron chi connectivity index (χ3n) is 6.37. The summed E-state index contributed by atoms with van der Waals surface area (Å²) in [4.78, 5) is 0. The maximum Gasteiger partial charge on any atom is 0.187 e. The van der Waals surface area contributed by atoms with E-state index >= 15 is 0 Å².